The van der Waals surface area contributed by atoms with E-state index in [0.29, 0.717) is 5.56 Å². The Kier molecular flexibility index (Phi) is 5.02. The number of methoxy groups -OCH3 is 1. The van der Waals surface area contributed by atoms with Crippen molar-refractivity contribution in [2.45, 2.75) is 0 Å². The topological polar surface area (TPSA) is 29.5 Å². The quantitative estimate of drug-likeness (QED) is 0.707. The predicted molar refractivity (Wildman–Crippen MR) is 59.4 cm³/mol. The van der Waals surface area contributed by atoms with E-state index in [-0.39, 0.29) is 18.4 Å². The third kappa shape index (κ3) is 2.92. The summed E-state index contributed by atoms with van der Waals surface area (Å²) in [6, 6.07) is 7.30. The maximum atomic E-state index is 11.1. The number of ether oxygens (including phenoxy) is 1. The third-order valence-corrected chi connectivity index (χ3v) is 1.78. The summed E-state index contributed by atoms with van der Waals surface area (Å²) in [5.74, 6) is -0.302. The number of hydrogen-bond acceptors (Lipinski definition) is 3. The largest absolute Gasteiger partial charge is 0.465 e. The van der Waals surface area contributed by atoms with E-state index in [1.165, 1.54) is 7.11 Å². The average Bonchev–Trinajstić information content (AvgIpc) is 2.17. The van der Waals surface area contributed by atoms with E-state index >= 15 is 0 Å². The van der Waals surface area contributed by atoms with Crippen LogP contribution >= 0.6 is 12.4 Å². The number of benzene rings is 1. The van der Waals surface area contributed by atoms with Gasteiger partial charge in [-0.2, -0.15) is 0 Å². The van der Waals surface area contributed by atoms with Crippen LogP contribution in [0.2, 0.25) is 0 Å². The van der Waals surface area contributed by atoms with Crippen molar-refractivity contribution < 1.29 is 9.53 Å². The van der Waals surface area contributed by atoms with Crippen molar-refractivity contribution in [3.8, 4) is 0 Å². The molecule has 0 saturated carbocycles. The van der Waals surface area contributed by atoms with Gasteiger partial charge < -0.3 is 9.64 Å². The Hall–Kier alpha value is -1.22. The molecular formula is C10H14ClNO2. The number of hydrogen-bond donors (Lipinski definition) is 0. The first kappa shape index (κ1) is 12.8. The summed E-state index contributed by atoms with van der Waals surface area (Å²) in [6.45, 7) is 0. The van der Waals surface area contributed by atoms with Crippen LogP contribution in [0.5, 0.6) is 0 Å². The molecule has 0 fully saturated rings. The van der Waals surface area contributed by atoms with Crippen molar-refractivity contribution in [3.05, 3.63) is 29.8 Å². The highest BCUT2D eigenvalue weighted by Crippen LogP contribution is 2.13. The Balaban J connectivity index is 0.00000169. The zero-order valence-corrected chi connectivity index (χ0v) is 9.30. The molecule has 0 aromatic heterocycles. The summed E-state index contributed by atoms with van der Waals surface area (Å²) >= 11 is 0. The second-order valence-corrected chi connectivity index (χ2v) is 2.94. The van der Waals surface area contributed by atoms with Crippen molar-refractivity contribution in [1.82, 2.24) is 0 Å². The first-order chi connectivity index (χ1) is 6.15. The molecular weight excluding hydrogens is 202 g/mol. The van der Waals surface area contributed by atoms with Gasteiger partial charge in [0.1, 0.15) is 0 Å². The lowest BCUT2D eigenvalue weighted by Crippen LogP contribution is -2.10. The van der Waals surface area contributed by atoms with Gasteiger partial charge in [-0.15, -0.1) is 12.4 Å². The van der Waals surface area contributed by atoms with Gasteiger partial charge in [0, 0.05) is 19.8 Å². The average molecular weight is 216 g/mol. The SMILES string of the molecule is COC(=O)c1cccc(N(C)C)c1.Cl. The van der Waals surface area contributed by atoms with Crippen LogP contribution in [0, 0.1) is 0 Å². The molecule has 0 saturated heterocycles. The van der Waals surface area contributed by atoms with E-state index in [2.05, 4.69) is 4.74 Å². The van der Waals surface area contributed by atoms with Crippen LogP contribution in [-0.4, -0.2) is 27.2 Å². The van der Waals surface area contributed by atoms with Crippen LogP contribution in [0.1, 0.15) is 10.4 Å². The minimum Gasteiger partial charge on any atom is -0.465 e. The molecule has 0 atom stereocenters. The lowest BCUT2D eigenvalue weighted by Gasteiger charge is -2.12. The highest BCUT2D eigenvalue weighted by molar-refractivity contribution is 5.90. The van der Waals surface area contributed by atoms with Crippen LogP contribution < -0.4 is 4.90 Å². The molecule has 14 heavy (non-hydrogen) atoms. The molecule has 1 aromatic carbocycles. The maximum Gasteiger partial charge on any atom is 0.337 e. The van der Waals surface area contributed by atoms with E-state index in [9.17, 15) is 4.79 Å². The van der Waals surface area contributed by atoms with Gasteiger partial charge in [0.25, 0.3) is 0 Å². The van der Waals surface area contributed by atoms with Crippen molar-refractivity contribution in [3.63, 3.8) is 0 Å². The number of anilines is 1. The van der Waals surface area contributed by atoms with Gasteiger partial charge in [-0.1, -0.05) is 6.07 Å². The van der Waals surface area contributed by atoms with Gasteiger partial charge >= 0.3 is 5.97 Å². The number of nitrogens with zero attached hydrogens (tertiary/aromatic N) is 1. The fraction of sp³-hybridized carbons (Fsp3) is 0.300. The van der Waals surface area contributed by atoms with Gasteiger partial charge in [0.15, 0.2) is 0 Å². The predicted octanol–water partition coefficient (Wildman–Crippen LogP) is 1.96. The van der Waals surface area contributed by atoms with E-state index in [1.54, 1.807) is 12.1 Å². The van der Waals surface area contributed by atoms with Gasteiger partial charge in [0.2, 0.25) is 0 Å². The molecule has 0 aliphatic rings. The standard InChI is InChI=1S/C10H13NO2.ClH/c1-11(2)9-6-4-5-8(7-9)10(12)13-3;/h4-7H,1-3H3;1H. The van der Waals surface area contributed by atoms with Gasteiger partial charge in [-0.25, -0.2) is 4.79 Å². The zero-order valence-electron chi connectivity index (χ0n) is 8.48. The van der Waals surface area contributed by atoms with E-state index in [4.69, 9.17) is 0 Å². The number of esters is 1. The number of halogens is 1. The van der Waals surface area contributed by atoms with E-state index in [0.717, 1.165) is 5.69 Å². The second-order valence-electron chi connectivity index (χ2n) is 2.94. The number of carbonyl (C=O) groups excluding carboxylic acids is 1. The minimum absolute atomic E-state index is 0. The van der Waals surface area contributed by atoms with Crippen LogP contribution in [0.3, 0.4) is 0 Å². The van der Waals surface area contributed by atoms with E-state index < -0.39 is 0 Å². The molecule has 3 nitrogen and oxygen atoms in total. The first-order valence-electron chi connectivity index (χ1n) is 4.01. The monoisotopic (exact) mass is 215 g/mol. The maximum absolute atomic E-state index is 11.1. The van der Waals surface area contributed by atoms with Gasteiger partial charge in [0.05, 0.1) is 12.7 Å². The Bertz CT molecular complexity index is 313. The molecule has 0 spiro atoms. The molecule has 1 rings (SSSR count). The van der Waals surface area contributed by atoms with Crippen LogP contribution in [-0.2, 0) is 4.74 Å². The minimum atomic E-state index is -0.302. The van der Waals surface area contributed by atoms with Crippen molar-refractivity contribution in [2.75, 3.05) is 26.1 Å². The Morgan fingerprint density at radius 2 is 2.00 bits per heavy atom. The molecule has 78 valence electrons. The second kappa shape index (κ2) is 5.50. The fourth-order valence-corrected chi connectivity index (χ4v) is 1.03. The fourth-order valence-electron chi connectivity index (χ4n) is 1.03. The molecule has 0 aliphatic carbocycles. The molecule has 0 radical (unpaired) electrons. The summed E-state index contributed by atoms with van der Waals surface area (Å²) in [5, 5.41) is 0. The Morgan fingerprint density at radius 3 is 2.50 bits per heavy atom. The van der Waals surface area contributed by atoms with Gasteiger partial charge in [-0.3, -0.25) is 0 Å². The normalized spacial score (nSPS) is 8.79. The summed E-state index contributed by atoms with van der Waals surface area (Å²) in [4.78, 5) is 13.1. The van der Waals surface area contributed by atoms with Crippen molar-refractivity contribution in [1.29, 1.82) is 0 Å². The van der Waals surface area contributed by atoms with E-state index in [1.807, 2.05) is 31.1 Å². The highest BCUT2D eigenvalue weighted by atomic mass is 35.5. The highest BCUT2D eigenvalue weighted by Gasteiger charge is 2.05. The van der Waals surface area contributed by atoms with Crippen LogP contribution in [0.25, 0.3) is 0 Å². The Morgan fingerprint density at radius 1 is 1.36 bits per heavy atom. The summed E-state index contributed by atoms with van der Waals surface area (Å²) in [5.41, 5.74) is 1.57. The summed E-state index contributed by atoms with van der Waals surface area (Å²) < 4.78 is 4.61. The van der Waals surface area contributed by atoms with Crippen LogP contribution in [0.15, 0.2) is 24.3 Å². The zero-order chi connectivity index (χ0) is 9.84. The lowest BCUT2D eigenvalue weighted by molar-refractivity contribution is 0.0601. The number of rotatable bonds is 2. The van der Waals surface area contributed by atoms with Gasteiger partial charge in [-0.05, 0) is 18.2 Å². The molecule has 4 heteroatoms. The Labute approximate surface area is 90.1 Å². The van der Waals surface area contributed by atoms with Crippen LogP contribution in [0.4, 0.5) is 5.69 Å². The lowest BCUT2D eigenvalue weighted by atomic mass is 10.2. The molecule has 0 bridgehead atoms. The summed E-state index contributed by atoms with van der Waals surface area (Å²) in [7, 11) is 5.23. The number of carbonyl (C=O) groups is 1. The first-order valence-corrected chi connectivity index (χ1v) is 4.01. The third-order valence-electron chi connectivity index (χ3n) is 1.78. The molecule has 0 amide bonds. The smallest absolute Gasteiger partial charge is 0.337 e. The molecule has 1 aromatic rings. The molecule has 0 aliphatic heterocycles. The summed E-state index contributed by atoms with van der Waals surface area (Å²) in [6.07, 6.45) is 0. The van der Waals surface area contributed by atoms with Crippen molar-refractivity contribution in [2.24, 2.45) is 0 Å². The molecule has 0 N–H and O–H groups in total. The molecule has 0 unspecified atom stereocenters. The molecule has 0 heterocycles. The van der Waals surface area contributed by atoms with Crippen molar-refractivity contribution >= 4 is 24.1 Å².